The lowest BCUT2D eigenvalue weighted by Crippen LogP contribution is -2.01. The molecule has 0 fully saturated rings. The van der Waals surface area contributed by atoms with Gasteiger partial charge in [0.2, 0.25) is 0 Å². The molecule has 0 amide bonds. The van der Waals surface area contributed by atoms with Crippen molar-refractivity contribution in [1.82, 2.24) is 19.7 Å². The number of aromatic nitrogens is 4. The van der Waals surface area contributed by atoms with Crippen molar-refractivity contribution in [2.45, 2.75) is 13.8 Å². The van der Waals surface area contributed by atoms with Crippen molar-refractivity contribution in [1.29, 1.82) is 0 Å². The zero-order valence-electron chi connectivity index (χ0n) is 8.82. The molecule has 5 heteroatoms. The van der Waals surface area contributed by atoms with E-state index in [0.29, 0.717) is 11.0 Å². The molecule has 0 radical (unpaired) electrons. The minimum absolute atomic E-state index is 0.499. The molecule has 0 saturated carbocycles. The van der Waals surface area contributed by atoms with Gasteiger partial charge < -0.3 is 0 Å². The minimum Gasteiger partial charge on any atom is -0.265 e. The molecular weight excluding hydrogens is 212 g/mol. The van der Waals surface area contributed by atoms with E-state index in [9.17, 15) is 0 Å². The summed E-state index contributed by atoms with van der Waals surface area (Å²) in [7, 11) is 1.85. The van der Waals surface area contributed by atoms with Crippen LogP contribution >= 0.6 is 11.6 Å². The van der Waals surface area contributed by atoms with Gasteiger partial charge in [-0.05, 0) is 19.9 Å². The summed E-state index contributed by atoms with van der Waals surface area (Å²) in [5.74, 6) is 0.614. The molecule has 0 atom stereocenters. The molecule has 2 heterocycles. The molecule has 0 aliphatic rings. The molecule has 15 heavy (non-hydrogen) atoms. The Morgan fingerprint density at radius 1 is 1.27 bits per heavy atom. The van der Waals surface area contributed by atoms with Gasteiger partial charge in [-0.25, -0.2) is 9.97 Å². The van der Waals surface area contributed by atoms with E-state index in [1.54, 1.807) is 10.9 Å². The Morgan fingerprint density at radius 3 is 2.53 bits per heavy atom. The second-order valence-corrected chi connectivity index (χ2v) is 3.75. The average molecular weight is 223 g/mol. The monoisotopic (exact) mass is 222 g/mol. The number of aryl methyl sites for hydroxylation is 2. The molecular formula is C10H11ClN4. The molecule has 0 bridgehead atoms. The summed E-state index contributed by atoms with van der Waals surface area (Å²) in [5, 5.41) is 4.57. The maximum atomic E-state index is 6.01. The van der Waals surface area contributed by atoms with Gasteiger partial charge in [0.25, 0.3) is 0 Å². The highest BCUT2D eigenvalue weighted by Crippen LogP contribution is 2.20. The average Bonchev–Trinajstić information content (AvgIpc) is 2.60. The third kappa shape index (κ3) is 1.72. The van der Waals surface area contributed by atoms with Crippen LogP contribution in [0.1, 0.15) is 11.3 Å². The van der Waals surface area contributed by atoms with E-state index in [2.05, 4.69) is 15.1 Å². The number of rotatable bonds is 1. The maximum Gasteiger partial charge on any atom is 0.179 e. The number of hydrogen-bond donors (Lipinski definition) is 0. The quantitative estimate of drug-likeness (QED) is 0.695. The summed E-state index contributed by atoms with van der Waals surface area (Å²) in [5.41, 5.74) is 2.67. The fraction of sp³-hybridized carbons (Fsp3) is 0.300. The van der Waals surface area contributed by atoms with Crippen molar-refractivity contribution in [3.63, 3.8) is 0 Å². The largest absolute Gasteiger partial charge is 0.265 e. The summed E-state index contributed by atoms with van der Waals surface area (Å²) in [4.78, 5) is 8.61. The first-order valence-corrected chi connectivity index (χ1v) is 4.96. The van der Waals surface area contributed by atoms with Crippen LogP contribution in [0.4, 0.5) is 0 Å². The van der Waals surface area contributed by atoms with Crippen molar-refractivity contribution in [2.24, 2.45) is 7.05 Å². The molecule has 0 unspecified atom stereocenters. The van der Waals surface area contributed by atoms with Crippen LogP contribution in [0.5, 0.6) is 0 Å². The standard InChI is InChI=1S/C10H11ClN4/c1-6-7(2)13-10(14-9(6)11)8-4-5-12-15(8)3/h4-5H,1-3H3. The third-order valence-corrected chi connectivity index (χ3v) is 2.75. The molecule has 78 valence electrons. The Bertz CT molecular complexity index is 481. The maximum absolute atomic E-state index is 6.01. The van der Waals surface area contributed by atoms with E-state index in [0.717, 1.165) is 17.0 Å². The first-order chi connectivity index (χ1) is 7.09. The van der Waals surface area contributed by atoms with Crippen LogP contribution in [-0.2, 0) is 7.05 Å². The predicted octanol–water partition coefficient (Wildman–Crippen LogP) is 2.15. The highest BCUT2D eigenvalue weighted by Gasteiger charge is 2.10. The van der Waals surface area contributed by atoms with Crippen molar-refractivity contribution in [2.75, 3.05) is 0 Å². The van der Waals surface area contributed by atoms with Gasteiger partial charge in [-0.2, -0.15) is 5.10 Å². The number of nitrogens with zero attached hydrogens (tertiary/aromatic N) is 4. The summed E-state index contributed by atoms with van der Waals surface area (Å²) in [6.45, 7) is 3.83. The van der Waals surface area contributed by atoms with Crippen LogP contribution in [0, 0.1) is 13.8 Å². The molecule has 0 aromatic carbocycles. The molecule has 2 aromatic heterocycles. The number of hydrogen-bond acceptors (Lipinski definition) is 3. The SMILES string of the molecule is Cc1nc(-c2ccnn2C)nc(Cl)c1C. The summed E-state index contributed by atoms with van der Waals surface area (Å²) in [6, 6.07) is 1.86. The van der Waals surface area contributed by atoms with Crippen molar-refractivity contribution in [3.8, 4) is 11.5 Å². The second-order valence-electron chi connectivity index (χ2n) is 3.39. The van der Waals surface area contributed by atoms with Crippen LogP contribution in [0.3, 0.4) is 0 Å². The Hall–Kier alpha value is -1.42. The van der Waals surface area contributed by atoms with E-state index in [1.807, 2.05) is 27.0 Å². The zero-order chi connectivity index (χ0) is 11.0. The van der Waals surface area contributed by atoms with Gasteiger partial charge in [-0.15, -0.1) is 0 Å². The summed E-state index contributed by atoms with van der Waals surface area (Å²) in [6.07, 6.45) is 1.71. The highest BCUT2D eigenvalue weighted by molar-refractivity contribution is 6.30. The Kier molecular flexibility index (Phi) is 2.44. The van der Waals surface area contributed by atoms with Crippen molar-refractivity contribution < 1.29 is 0 Å². The van der Waals surface area contributed by atoms with Gasteiger partial charge in [-0.1, -0.05) is 11.6 Å². The Balaban J connectivity index is 2.60. The van der Waals surface area contributed by atoms with Gasteiger partial charge in [0.15, 0.2) is 5.82 Å². The molecule has 0 aliphatic carbocycles. The smallest absolute Gasteiger partial charge is 0.179 e. The molecule has 2 aromatic rings. The van der Waals surface area contributed by atoms with Crippen LogP contribution in [0.2, 0.25) is 5.15 Å². The summed E-state index contributed by atoms with van der Waals surface area (Å²) < 4.78 is 1.72. The first kappa shape index (κ1) is 10.1. The molecule has 0 saturated heterocycles. The van der Waals surface area contributed by atoms with Crippen LogP contribution in [0.15, 0.2) is 12.3 Å². The van der Waals surface area contributed by atoms with E-state index in [4.69, 9.17) is 11.6 Å². The predicted molar refractivity (Wildman–Crippen MR) is 58.7 cm³/mol. The van der Waals surface area contributed by atoms with Crippen LogP contribution in [-0.4, -0.2) is 19.7 Å². The van der Waals surface area contributed by atoms with E-state index < -0.39 is 0 Å². The van der Waals surface area contributed by atoms with E-state index in [-0.39, 0.29) is 0 Å². The fourth-order valence-electron chi connectivity index (χ4n) is 1.30. The lowest BCUT2D eigenvalue weighted by atomic mass is 10.2. The highest BCUT2D eigenvalue weighted by atomic mass is 35.5. The van der Waals surface area contributed by atoms with Gasteiger partial charge in [-0.3, -0.25) is 4.68 Å². The topological polar surface area (TPSA) is 43.6 Å². The lowest BCUT2D eigenvalue weighted by molar-refractivity contribution is 0.769. The molecule has 4 nitrogen and oxygen atoms in total. The number of halogens is 1. The zero-order valence-corrected chi connectivity index (χ0v) is 9.58. The van der Waals surface area contributed by atoms with Gasteiger partial charge in [0.05, 0.1) is 0 Å². The first-order valence-electron chi connectivity index (χ1n) is 4.58. The molecule has 0 N–H and O–H groups in total. The minimum atomic E-state index is 0.499. The van der Waals surface area contributed by atoms with E-state index in [1.165, 1.54) is 0 Å². The summed E-state index contributed by atoms with van der Waals surface area (Å²) >= 11 is 6.01. The molecule has 0 aliphatic heterocycles. The Labute approximate surface area is 92.9 Å². The third-order valence-electron chi connectivity index (χ3n) is 2.38. The van der Waals surface area contributed by atoms with E-state index >= 15 is 0 Å². The molecule has 2 rings (SSSR count). The lowest BCUT2D eigenvalue weighted by Gasteiger charge is -2.05. The van der Waals surface area contributed by atoms with Crippen molar-refractivity contribution >= 4 is 11.6 Å². The van der Waals surface area contributed by atoms with Gasteiger partial charge >= 0.3 is 0 Å². The fourth-order valence-corrected chi connectivity index (χ4v) is 1.52. The normalized spacial score (nSPS) is 10.7. The van der Waals surface area contributed by atoms with Crippen LogP contribution < -0.4 is 0 Å². The van der Waals surface area contributed by atoms with Crippen molar-refractivity contribution in [3.05, 3.63) is 28.7 Å². The van der Waals surface area contributed by atoms with Gasteiger partial charge in [0.1, 0.15) is 10.8 Å². The second kappa shape index (κ2) is 3.62. The van der Waals surface area contributed by atoms with Gasteiger partial charge in [0, 0.05) is 24.5 Å². The molecule has 0 spiro atoms. The van der Waals surface area contributed by atoms with Crippen LogP contribution in [0.25, 0.3) is 11.5 Å². The Morgan fingerprint density at radius 2 is 2.00 bits per heavy atom.